The minimum absolute atomic E-state index is 0.0182. The van der Waals surface area contributed by atoms with Gasteiger partial charge in [-0.2, -0.15) is 0 Å². The smallest absolute Gasteiger partial charge is 0.408 e. The molecule has 0 bridgehead atoms. The largest absolute Gasteiger partial charge is 0.481 e. The van der Waals surface area contributed by atoms with Crippen LogP contribution in [-0.2, 0) is 52.5 Å². The molecule has 2 aliphatic heterocycles. The lowest BCUT2D eigenvalue weighted by atomic mass is 9.90. The van der Waals surface area contributed by atoms with Crippen LogP contribution in [0.25, 0.3) is 0 Å². The molecule has 2 heterocycles. The second-order valence-electron chi connectivity index (χ2n) is 11.5. The van der Waals surface area contributed by atoms with Crippen LogP contribution in [0.15, 0.2) is 78.9 Å². The first kappa shape index (κ1) is 32.8. The van der Waals surface area contributed by atoms with Crippen LogP contribution in [0.2, 0.25) is 0 Å². The van der Waals surface area contributed by atoms with Crippen LogP contribution < -0.4 is 15.5 Å². The van der Waals surface area contributed by atoms with Gasteiger partial charge in [0.15, 0.2) is 11.6 Å². The molecule has 0 fully saturated rings. The maximum absolute atomic E-state index is 13.9. The predicted octanol–water partition coefficient (Wildman–Crippen LogP) is 4.05. The van der Waals surface area contributed by atoms with Crippen LogP contribution in [-0.4, -0.2) is 60.0 Å². The zero-order chi connectivity index (χ0) is 32.8. The van der Waals surface area contributed by atoms with E-state index in [2.05, 4.69) is 5.32 Å². The third-order valence-corrected chi connectivity index (χ3v) is 10.1. The molecular weight excluding hydrogens is 611 g/mol. The van der Waals surface area contributed by atoms with E-state index in [9.17, 15) is 33.6 Å². The van der Waals surface area contributed by atoms with Gasteiger partial charge in [0.05, 0.1) is 18.2 Å². The van der Waals surface area contributed by atoms with Gasteiger partial charge in [0.2, 0.25) is 13.3 Å². The van der Waals surface area contributed by atoms with Crippen LogP contribution in [0.1, 0.15) is 36.0 Å². The Kier molecular flexibility index (Phi) is 10.1. The zero-order valence-electron chi connectivity index (χ0n) is 25.3. The van der Waals surface area contributed by atoms with Crippen molar-refractivity contribution in [2.75, 3.05) is 18.2 Å². The summed E-state index contributed by atoms with van der Waals surface area (Å²) in [5, 5.41) is 12.6. The van der Waals surface area contributed by atoms with Crippen molar-refractivity contribution in [1.29, 1.82) is 0 Å². The summed E-state index contributed by atoms with van der Waals surface area (Å²) in [5.74, 6) is -4.20. The molecule has 3 aromatic carbocycles. The van der Waals surface area contributed by atoms with Crippen molar-refractivity contribution in [3.05, 3.63) is 95.6 Å². The fourth-order valence-corrected chi connectivity index (χ4v) is 7.13. The summed E-state index contributed by atoms with van der Waals surface area (Å²) < 4.78 is 23.9. The maximum atomic E-state index is 13.9. The van der Waals surface area contributed by atoms with Gasteiger partial charge in [0.1, 0.15) is 19.3 Å². The Morgan fingerprint density at radius 2 is 1.63 bits per heavy atom. The highest BCUT2D eigenvalue weighted by Gasteiger charge is 2.44. The second-order valence-corrected chi connectivity index (χ2v) is 14.0. The van der Waals surface area contributed by atoms with Crippen LogP contribution >= 0.6 is 7.37 Å². The highest BCUT2D eigenvalue weighted by molar-refractivity contribution is 7.66. The standard InChI is InChI=1S/C34H35N2O9P/c1-46(43,26-13-6-3-7-14-26)45-21-30(38)25(19-31(39)40)18-29(37)28-17-24-12-8-11-23-15-16-27(33(41)36(28)32(23)24)35-34(42)44-20-22-9-4-2-5-10-22/h2-14,25,27-28H,15-21H2,1H3,(H,35,42)(H,39,40)/t25?,27-,28-,46?/m0/s1. The molecule has 12 heteroatoms. The topological polar surface area (TPSA) is 156 Å². The van der Waals surface area contributed by atoms with Gasteiger partial charge in [-0.1, -0.05) is 66.7 Å². The van der Waals surface area contributed by atoms with Gasteiger partial charge >= 0.3 is 12.1 Å². The number of hydrogen-bond acceptors (Lipinski definition) is 8. The molecule has 0 aliphatic carbocycles. The quantitative estimate of drug-likeness (QED) is 0.262. The average molecular weight is 647 g/mol. The molecule has 2 N–H and O–H groups in total. The second kappa shape index (κ2) is 14.2. The number of carbonyl (C=O) groups is 5. The molecule has 0 radical (unpaired) electrons. The molecule has 2 unspecified atom stereocenters. The average Bonchev–Trinajstić information content (AvgIpc) is 3.39. The number of carbonyl (C=O) groups excluding carboxylic acids is 4. The highest BCUT2D eigenvalue weighted by atomic mass is 31.2. The van der Waals surface area contributed by atoms with Crippen LogP contribution in [0, 0.1) is 5.92 Å². The van der Waals surface area contributed by atoms with Crippen LogP contribution in [0.3, 0.4) is 0 Å². The van der Waals surface area contributed by atoms with E-state index in [1.54, 1.807) is 42.5 Å². The van der Waals surface area contributed by atoms with Gasteiger partial charge in [-0.05, 0) is 41.7 Å². The van der Waals surface area contributed by atoms with Crippen LogP contribution in [0.5, 0.6) is 0 Å². The first-order valence-electron chi connectivity index (χ1n) is 15.0. The summed E-state index contributed by atoms with van der Waals surface area (Å²) in [5.41, 5.74) is 3.00. The number of alkyl carbamates (subject to hydrolysis) is 1. The van der Waals surface area contributed by atoms with Crippen molar-refractivity contribution in [3.8, 4) is 0 Å². The Hall–Kier alpha value is -4.60. The van der Waals surface area contributed by atoms with Gasteiger partial charge < -0.3 is 19.7 Å². The van der Waals surface area contributed by atoms with E-state index in [4.69, 9.17) is 9.26 Å². The van der Waals surface area contributed by atoms with E-state index in [-0.39, 0.29) is 19.4 Å². The van der Waals surface area contributed by atoms with Crippen molar-refractivity contribution in [2.45, 2.75) is 50.8 Å². The number of ketones is 2. The molecule has 11 nitrogen and oxygen atoms in total. The Bertz CT molecular complexity index is 1680. The Balaban J connectivity index is 1.30. The lowest BCUT2D eigenvalue weighted by Gasteiger charge is -2.28. The number of carboxylic acid groups (broad SMARTS) is 1. The summed E-state index contributed by atoms with van der Waals surface area (Å²) in [6.07, 6.45) is -0.936. The number of benzene rings is 3. The van der Waals surface area contributed by atoms with Crippen molar-refractivity contribution < 1.29 is 42.9 Å². The fourth-order valence-electron chi connectivity index (χ4n) is 5.90. The molecule has 46 heavy (non-hydrogen) atoms. The summed E-state index contributed by atoms with van der Waals surface area (Å²) >= 11 is 0. The third kappa shape index (κ3) is 7.61. The number of rotatable bonds is 13. The van der Waals surface area contributed by atoms with Gasteiger partial charge in [0.25, 0.3) is 0 Å². The van der Waals surface area contributed by atoms with Gasteiger partial charge in [-0.25, -0.2) is 4.79 Å². The number of anilines is 1. The predicted molar refractivity (Wildman–Crippen MR) is 169 cm³/mol. The maximum Gasteiger partial charge on any atom is 0.408 e. The number of Topliss-reactive ketones (excluding diaryl/α,β-unsaturated/α-hetero) is 2. The first-order valence-corrected chi connectivity index (χ1v) is 17.1. The van der Waals surface area contributed by atoms with Crippen molar-refractivity contribution in [3.63, 3.8) is 0 Å². The van der Waals surface area contributed by atoms with Gasteiger partial charge in [-0.3, -0.25) is 28.6 Å². The minimum Gasteiger partial charge on any atom is -0.481 e. The van der Waals surface area contributed by atoms with E-state index in [1.807, 2.05) is 36.4 Å². The van der Waals surface area contributed by atoms with E-state index < -0.39 is 74.4 Å². The summed E-state index contributed by atoms with van der Waals surface area (Å²) in [6, 6.07) is 21.0. The molecular formula is C34H35N2O9P. The molecule has 0 saturated heterocycles. The summed E-state index contributed by atoms with van der Waals surface area (Å²) in [7, 11) is -3.39. The number of para-hydroxylation sites is 1. The number of hydrogen-bond donors (Lipinski definition) is 2. The summed E-state index contributed by atoms with van der Waals surface area (Å²) in [4.78, 5) is 66.7. The molecule has 2 amide bonds. The molecule has 3 aromatic rings. The molecule has 0 spiro atoms. The molecule has 4 atom stereocenters. The SMILES string of the molecule is CP(=O)(OCC(=O)C(CC(=O)O)CC(=O)[C@@H]1Cc2cccc3c2N1C(=O)[C@@H](NC(=O)OCc1ccccc1)CC3)c1ccccc1. The minimum atomic E-state index is -3.39. The first-order chi connectivity index (χ1) is 22.0. The number of amides is 2. The Morgan fingerprint density at radius 3 is 2.33 bits per heavy atom. The molecule has 0 saturated carbocycles. The number of aliphatic carboxylic acids is 1. The lowest BCUT2D eigenvalue weighted by molar-refractivity contribution is -0.142. The summed E-state index contributed by atoms with van der Waals surface area (Å²) in [6.45, 7) is 0.750. The molecule has 5 rings (SSSR count). The molecule has 0 aromatic heterocycles. The number of nitrogens with one attached hydrogen (secondary N) is 1. The van der Waals surface area contributed by atoms with Crippen molar-refractivity contribution >= 4 is 47.9 Å². The lowest BCUT2D eigenvalue weighted by Crippen LogP contribution is -2.52. The highest BCUT2D eigenvalue weighted by Crippen LogP contribution is 2.42. The van der Waals surface area contributed by atoms with Gasteiger partial charge in [0, 0.05) is 30.7 Å². The fraction of sp³-hybridized carbons (Fsp3) is 0.324. The monoisotopic (exact) mass is 646 g/mol. The molecule has 2 aliphatic rings. The Labute approximate surface area is 266 Å². The number of ether oxygens (including phenoxy) is 1. The number of carboxylic acids is 1. The number of nitrogens with zero attached hydrogens (tertiary/aromatic N) is 1. The Morgan fingerprint density at radius 1 is 0.957 bits per heavy atom. The van der Waals surface area contributed by atoms with Crippen LogP contribution in [0.4, 0.5) is 10.5 Å². The normalized spacial score (nSPS) is 18.9. The van der Waals surface area contributed by atoms with Crippen molar-refractivity contribution in [1.82, 2.24) is 5.32 Å². The van der Waals surface area contributed by atoms with E-state index in [0.717, 1.165) is 16.7 Å². The van der Waals surface area contributed by atoms with E-state index in [0.29, 0.717) is 17.4 Å². The number of aryl methyl sites for hydroxylation is 1. The molecule has 240 valence electrons. The van der Waals surface area contributed by atoms with E-state index in [1.165, 1.54) is 11.6 Å². The van der Waals surface area contributed by atoms with Gasteiger partial charge in [-0.15, -0.1) is 0 Å². The van der Waals surface area contributed by atoms with E-state index >= 15 is 0 Å². The zero-order valence-corrected chi connectivity index (χ0v) is 26.2. The third-order valence-electron chi connectivity index (χ3n) is 8.29. The van der Waals surface area contributed by atoms with Crippen molar-refractivity contribution in [2.24, 2.45) is 5.92 Å².